The van der Waals surface area contributed by atoms with Crippen molar-refractivity contribution in [3.8, 4) is 0 Å². The second-order valence-corrected chi connectivity index (χ2v) is 8.76. The van der Waals surface area contributed by atoms with Crippen LogP contribution in [0.5, 0.6) is 0 Å². The quantitative estimate of drug-likeness (QED) is 0.567. The van der Waals surface area contributed by atoms with E-state index in [0.29, 0.717) is 17.6 Å². The Morgan fingerprint density at radius 2 is 1.16 bits per heavy atom. The van der Waals surface area contributed by atoms with Crippen LogP contribution in [0, 0.1) is 22.7 Å². The number of ketones is 1. The average molecular weight is 303 g/mol. The maximum atomic E-state index is 13.0. The van der Waals surface area contributed by atoms with E-state index in [2.05, 4.69) is 13.8 Å². The molecule has 3 heteroatoms. The van der Waals surface area contributed by atoms with Crippen LogP contribution in [0.2, 0.25) is 0 Å². The van der Waals surface area contributed by atoms with Crippen LogP contribution in [0.3, 0.4) is 0 Å². The van der Waals surface area contributed by atoms with Gasteiger partial charge in [-0.1, -0.05) is 37.0 Å². The Morgan fingerprint density at radius 3 is 1.42 bits per heavy atom. The van der Waals surface area contributed by atoms with Crippen LogP contribution >= 0.6 is 23.2 Å². The van der Waals surface area contributed by atoms with Gasteiger partial charge in [0.1, 0.15) is 4.33 Å². The molecule has 3 aliphatic rings. The van der Waals surface area contributed by atoms with Gasteiger partial charge in [-0.25, -0.2) is 0 Å². The van der Waals surface area contributed by atoms with Gasteiger partial charge in [0.2, 0.25) is 0 Å². The molecule has 1 nitrogen and oxygen atoms in total. The Balaban J connectivity index is 1.86. The number of hydrogen-bond acceptors (Lipinski definition) is 1. The van der Waals surface area contributed by atoms with E-state index in [4.69, 9.17) is 23.2 Å². The zero-order valence-corrected chi connectivity index (χ0v) is 13.5. The highest BCUT2D eigenvalue weighted by atomic mass is 35.5. The molecule has 19 heavy (non-hydrogen) atoms. The molecule has 0 bridgehead atoms. The number of hydrogen-bond donors (Lipinski definition) is 0. The summed E-state index contributed by atoms with van der Waals surface area (Å²) in [6, 6.07) is 0. The molecule has 0 N–H and O–H groups in total. The van der Waals surface area contributed by atoms with Gasteiger partial charge < -0.3 is 0 Å². The lowest BCUT2D eigenvalue weighted by Gasteiger charge is -2.66. The van der Waals surface area contributed by atoms with E-state index in [1.165, 1.54) is 0 Å². The lowest BCUT2D eigenvalue weighted by atomic mass is 9.42. The average Bonchev–Trinajstić information content (AvgIpc) is 2.39. The van der Waals surface area contributed by atoms with Gasteiger partial charge in [-0.05, 0) is 63.2 Å². The zero-order valence-electron chi connectivity index (χ0n) is 12.0. The zero-order chi connectivity index (χ0) is 13.9. The SMILES string of the molecule is CC1CC[C@]2(CC1)C(=O)[C@@]1(CCC(C)CC1)C2(Cl)Cl. The van der Waals surface area contributed by atoms with E-state index in [0.717, 1.165) is 51.4 Å². The first-order valence-corrected chi connectivity index (χ1v) is 8.54. The van der Waals surface area contributed by atoms with Crippen molar-refractivity contribution in [2.45, 2.75) is 69.5 Å². The summed E-state index contributed by atoms with van der Waals surface area (Å²) in [5, 5.41) is 0. The second-order valence-electron chi connectivity index (χ2n) is 7.43. The highest BCUT2D eigenvalue weighted by Crippen LogP contribution is 2.74. The van der Waals surface area contributed by atoms with Crippen LogP contribution < -0.4 is 0 Å². The van der Waals surface area contributed by atoms with Gasteiger partial charge in [0.05, 0.1) is 10.8 Å². The molecule has 108 valence electrons. The number of carbonyl (C=O) groups is 1. The highest BCUT2D eigenvalue weighted by molar-refractivity contribution is 6.55. The molecule has 0 aliphatic heterocycles. The largest absolute Gasteiger partial charge is 0.298 e. The third-order valence-electron chi connectivity index (χ3n) is 6.33. The van der Waals surface area contributed by atoms with Crippen LogP contribution in [-0.4, -0.2) is 10.1 Å². The molecular weight excluding hydrogens is 279 g/mol. The van der Waals surface area contributed by atoms with Crippen molar-refractivity contribution in [3.63, 3.8) is 0 Å². The smallest absolute Gasteiger partial charge is 0.151 e. The Bertz CT molecular complexity index is 352. The van der Waals surface area contributed by atoms with Crippen molar-refractivity contribution in [1.82, 2.24) is 0 Å². The number of carbonyl (C=O) groups excluding carboxylic acids is 1. The van der Waals surface area contributed by atoms with Crippen molar-refractivity contribution >= 4 is 29.0 Å². The molecule has 3 rings (SSSR count). The summed E-state index contributed by atoms with van der Waals surface area (Å²) in [6.45, 7) is 4.52. The highest BCUT2D eigenvalue weighted by Gasteiger charge is 2.78. The summed E-state index contributed by atoms with van der Waals surface area (Å²) in [5.74, 6) is 1.83. The minimum absolute atomic E-state index is 0.406. The molecule has 0 aromatic rings. The van der Waals surface area contributed by atoms with Crippen LogP contribution in [0.15, 0.2) is 0 Å². The van der Waals surface area contributed by atoms with Crippen molar-refractivity contribution in [1.29, 1.82) is 0 Å². The lowest BCUT2D eigenvalue weighted by molar-refractivity contribution is -0.171. The van der Waals surface area contributed by atoms with Crippen molar-refractivity contribution in [2.75, 3.05) is 0 Å². The molecule has 0 radical (unpaired) electrons. The fourth-order valence-corrected chi connectivity index (χ4v) is 5.83. The van der Waals surface area contributed by atoms with Crippen LogP contribution in [0.4, 0.5) is 0 Å². The predicted molar refractivity (Wildman–Crippen MR) is 79.6 cm³/mol. The standard InChI is InChI=1S/C16H24Cl2O/c1-11-3-7-14(8-4-11)13(19)15(16(14,17)18)9-5-12(2)6-10-15/h11-12H,3-10H2,1-2H3/t11?,12?,14-,15-. The van der Waals surface area contributed by atoms with Crippen LogP contribution in [0.25, 0.3) is 0 Å². The van der Waals surface area contributed by atoms with E-state index in [1.54, 1.807) is 0 Å². The summed E-state index contributed by atoms with van der Waals surface area (Å²) in [6.07, 6.45) is 7.99. The minimum atomic E-state index is -0.808. The molecule has 0 aromatic heterocycles. The summed E-state index contributed by atoms with van der Waals surface area (Å²) in [4.78, 5) is 13.0. The third-order valence-corrected chi connectivity index (χ3v) is 7.77. The fraction of sp³-hybridized carbons (Fsp3) is 0.938. The molecule has 0 saturated heterocycles. The first-order chi connectivity index (χ1) is 8.86. The first kappa shape index (κ1) is 14.2. The second kappa shape index (κ2) is 4.37. The molecule has 0 unspecified atom stereocenters. The maximum Gasteiger partial charge on any atom is 0.151 e. The Kier molecular flexibility index (Phi) is 3.27. The molecule has 3 aliphatic carbocycles. The van der Waals surface area contributed by atoms with E-state index >= 15 is 0 Å². The minimum Gasteiger partial charge on any atom is -0.298 e. The summed E-state index contributed by atoms with van der Waals surface area (Å²) in [5.41, 5.74) is -0.827. The monoisotopic (exact) mass is 302 g/mol. The Morgan fingerprint density at radius 1 is 0.842 bits per heavy atom. The number of rotatable bonds is 0. The topological polar surface area (TPSA) is 17.1 Å². The van der Waals surface area contributed by atoms with Gasteiger partial charge in [0.15, 0.2) is 5.78 Å². The van der Waals surface area contributed by atoms with Gasteiger partial charge in [0, 0.05) is 0 Å². The normalized spacial score (nSPS) is 49.4. The molecule has 0 atom stereocenters. The van der Waals surface area contributed by atoms with Crippen LogP contribution in [0.1, 0.15) is 65.2 Å². The molecule has 3 saturated carbocycles. The third kappa shape index (κ3) is 1.64. The van der Waals surface area contributed by atoms with E-state index in [9.17, 15) is 4.79 Å². The molecule has 2 spiro atoms. The van der Waals surface area contributed by atoms with Crippen molar-refractivity contribution in [2.24, 2.45) is 22.7 Å². The van der Waals surface area contributed by atoms with Crippen molar-refractivity contribution < 1.29 is 4.79 Å². The summed E-state index contributed by atoms with van der Waals surface area (Å²) in [7, 11) is 0. The Labute approximate surface area is 126 Å². The Hall–Kier alpha value is 0.250. The first-order valence-electron chi connectivity index (χ1n) is 7.78. The van der Waals surface area contributed by atoms with E-state index < -0.39 is 15.2 Å². The maximum absolute atomic E-state index is 13.0. The fourth-order valence-electron chi connectivity index (χ4n) is 4.73. The number of alkyl halides is 2. The number of Topliss-reactive ketones (excluding diaryl/α,β-unsaturated/α-hetero) is 1. The van der Waals surface area contributed by atoms with Gasteiger partial charge >= 0.3 is 0 Å². The van der Waals surface area contributed by atoms with Gasteiger partial charge in [-0.15, -0.1) is 0 Å². The molecule has 0 amide bonds. The predicted octanol–water partition coefficient (Wildman–Crippen LogP) is 5.14. The van der Waals surface area contributed by atoms with Crippen LogP contribution in [-0.2, 0) is 4.79 Å². The van der Waals surface area contributed by atoms with E-state index in [-0.39, 0.29) is 0 Å². The van der Waals surface area contributed by atoms with Gasteiger partial charge in [-0.2, -0.15) is 0 Å². The van der Waals surface area contributed by atoms with Gasteiger partial charge in [-0.3, -0.25) is 4.79 Å². The molecule has 0 heterocycles. The molecule has 0 aromatic carbocycles. The summed E-state index contributed by atoms with van der Waals surface area (Å²) < 4.78 is -0.808. The van der Waals surface area contributed by atoms with Crippen molar-refractivity contribution in [3.05, 3.63) is 0 Å². The summed E-state index contributed by atoms with van der Waals surface area (Å²) >= 11 is 13.6. The molecular formula is C16H24Cl2O. The number of halogens is 2. The van der Waals surface area contributed by atoms with Gasteiger partial charge in [0.25, 0.3) is 0 Å². The lowest BCUT2D eigenvalue weighted by Crippen LogP contribution is -2.74. The molecule has 3 fully saturated rings. The van der Waals surface area contributed by atoms with E-state index in [1.807, 2.05) is 0 Å².